The van der Waals surface area contributed by atoms with Crippen molar-refractivity contribution in [1.82, 2.24) is 10.2 Å². The number of aliphatic hydroxyl groups excluding tert-OH is 1. The summed E-state index contributed by atoms with van der Waals surface area (Å²) in [5.74, 6) is -0.163. The number of carbonyl (C=O) groups is 2. The average molecular weight is 300 g/mol. The zero-order valence-electron chi connectivity index (χ0n) is 12.6. The summed E-state index contributed by atoms with van der Waals surface area (Å²) in [6.07, 6.45) is 6.04. The van der Waals surface area contributed by atoms with E-state index < -0.39 is 0 Å². The van der Waals surface area contributed by atoms with Gasteiger partial charge in [0, 0.05) is 24.7 Å². The summed E-state index contributed by atoms with van der Waals surface area (Å²) in [5.41, 5.74) is 2.52. The molecule has 0 atom stereocenters. The summed E-state index contributed by atoms with van der Waals surface area (Å²) >= 11 is 0. The van der Waals surface area contributed by atoms with E-state index in [0.29, 0.717) is 18.5 Å². The monoisotopic (exact) mass is 300 g/mol. The van der Waals surface area contributed by atoms with Crippen LogP contribution in [0.3, 0.4) is 0 Å². The van der Waals surface area contributed by atoms with Gasteiger partial charge in [0.1, 0.15) is 0 Å². The van der Waals surface area contributed by atoms with Crippen molar-refractivity contribution >= 4 is 11.8 Å². The SMILES string of the molecule is CC1=CN(Cc2ccc(C(=O)NCCO)cc2)C(=O)CC=C1. The first-order chi connectivity index (χ1) is 10.6. The Balaban J connectivity index is 2.03. The van der Waals surface area contributed by atoms with E-state index in [9.17, 15) is 9.59 Å². The number of carbonyl (C=O) groups excluding carboxylic acids is 2. The van der Waals surface area contributed by atoms with Crippen LogP contribution >= 0.6 is 0 Å². The number of rotatable bonds is 5. The molecule has 1 aliphatic heterocycles. The molecule has 0 fully saturated rings. The zero-order chi connectivity index (χ0) is 15.9. The maximum absolute atomic E-state index is 12.0. The van der Waals surface area contributed by atoms with Crippen molar-refractivity contribution in [2.24, 2.45) is 0 Å². The molecule has 0 radical (unpaired) electrons. The Labute approximate surface area is 129 Å². The fourth-order valence-electron chi connectivity index (χ4n) is 2.19. The van der Waals surface area contributed by atoms with Crippen LogP contribution in [0.15, 0.2) is 48.2 Å². The van der Waals surface area contributed by atoms with Gasteiger partial charge < -0.3 is 15.3 Å². The van der Waals surface area contributed by atoms with Gasteiger partial charge in [-0.1, -0.05) is 24.3 Å². The molecule has 0 spiro atoms. The first-order valence-corrected chi connectivity index (χ1v) is 7.22. The third kappa shape index (κ3) is 4.30. The molecule has 0 aromatic heterocycles. The molecule has 22 heavy (non-hydrogen) atoms. The van der Waals surface area contributed by atoms with Gasteiger partial charge in [-0.2, -0.15) is 0 Å². The van der Waals surface area contributed by atoms with Gasteiger partial charge >= 0.3 is 0 Å². The van der Waals surface area contributed by atoms with Crippen molar-refractivity contribution in [3.05, 3.63) is 59.3 Å². The Morgan fingerprint density at radius 2 is 2.05 bits per heavy atom. The van der Waals surface area contributed by atoms with Crippen LogP contribution in [-0.4, -0.2) is 35.0 Å². The van der Waals surface area contributed by atoms with Gasteiger partial charge in [0.2, 0.25) is 5.91 Å². The smallest absolute Gasteiger partial charge is 0.251 e. The zero-order valence-corrected chi connectivity index (χ0v) is 12.6. The van der Waals surface area contributed by atoms with Crippen LogP contribution in [0.25, 0.3) is 0 Å². The summed E-state index contributed by atoms with van der Waals surface area (Å²) in [6.45, 7) is 2.59. The molecule has 0 saturated carbocycles. The van der Waals surface area contributed by atoms with Crippen molar-refractivity contribution in [2.45, 2.75) is 19.9 Å². The van der Waals surface area contributed by atoms with Crippen LogP contribution in [0, 0.1) is 0 Å². The molecule has 2 N–H and O–H groups in total. The number of nitrogens with zero attached hydrogens (tertiary/aromatic N) is 1. The molecule has 1 heterocycles. The van der Waals surface area contributed by atoms with Crippen LogP contribution in [-0.2, 0) is 11.3 Å². The first kappa shape index (κ1) is 16.0. The van der Waals surface area contributed by atoms with E-state index in [1.54, 1.807) is 17.0 Å². The number of hydrogen-bond donors (Lipinski definition) is 2. The lowest BCUT2D eigenvalue weighted by molar-refractivity contribution is -0.128. The second-order valence-electron chi connectivity index (χ2n) is 5.18. The number of amides is 2. The third-order valence-corrected chi connectivity index (χ3v) is 3.32. The van der Waals surface area contributed by atoms with Crippen LogP contribution in [0.5, 0.6) is 0 Å². The number of nitrogens with one attached hydrogen (secondary N) is 1. The highest BCUT2D eigenvalue weighted by atomic mass is 16.3. The van der Waals surface area contributed by atoms with Crippen molar-refractivity contribution in [3.8, 4) is 0 Å². The minimum atomic E-state index is -0.216. The molecule has 2 rings (SSSR count). The van der Waals surface area contributed by atoms with E-state index in [1.807, 2.05) is 37.4 Å². The number of benzene rings is 1. The molecule has 116 valence electrons. The third-order valence-electron chi connectivity index (χ3n) is 3.32. The number of aliphatic hydroxyl groups is 1. The molecule has 1 aromatic carbocycles. The van der Waals surface area contributed by atoms with Gasteiger partial charge in [-0.25, -0.2) is 0 Å². The minimum absolute atomic E-state index is 0.0536. The molecule has 0 saturated heterocycles. The van der Waals surface area contributed by atoms with E-state index in [0.717, 1.165) is 11.1 Å². The van der Waals surface area contributed by atoms with Crippen molar-refractivity contribution in [1.29, 1.82) is 0 Å². The van der Waals surface area contributed by atoms with Gasteiger partial charge in [0.15, 0.2) is 0 Å². The van der Waals surface area contributed by atoms with E-state index in [2.05, 4.69) is 5.32 Å². The summed E-state index contributed by atoms with van der Waals surface area (Å²) in [6, 6.07) is 7.11. The van der Waals surface area contributed by atoms with Crippen molar-refractivity contribution < 1.29 is 14.7 Å². The summed E-state index contributed by atoms with van der Waals surface area (Å²) in [7, 11) is 0. The molecule has 1 aliphatic rings. The lowest BCUT2D eigenvalue weighted by Crippen LogP contribution is -2.26. The topological polar surface area (TPSA) is 69.6 Å². The van der Waals surface area contributed by atoms with Gasteiger partial charge in [0.25, 0.3) is 5.91 Å². The Morgan fingerprint density at radius 1 is 1.32 bits per heavy atom. The molecule has 1 aromatic rings. The molecular weight excluding hydrogens is 280 g/mol. The first-order valence-electron chi connectivity index (χ1n) is 7.22. The van der Waals surface area contributed by atoms with E-state index in [4.69, 9.17) is 5.11 Å². The van der Waals surface area contributed by atoms with Crippen molar-refractivity contribution in [2.75, 3.05) is 13.2 Å². The number of hydrogen-bond acceptors (Lipinski definition) is 3. The molecule has 0 unspecified atom stereocenters. The van der Waals surface area contributed by atoms with Gasteiger partial charge in [-0.05, 0) is 30.2 Å². The molecule has 5 heteroatoms. The predicted octanol–water partition coefficient (Wildman–Crippen LogP) is 1.60. The molecule has 5 nitrogen and oxygen atoms in total. The number of allylic oxidation sites excluding steroid dienone is 2. The van der Waals surface area contributed by atoms with E-state index in [1.165, 1.54) is 0 Å². The Kier molecular flexibility index (Phi) is 5.49. The molecule has 0 bridgehead atoms. The summed E-state index contributed by atoms with van der Waals surface area (Å²) in [5, 5.41) is 11.3. The average Bonchev–Trinajstić information content (AvgIpc) is 2.67. The second-order valence-corrected chi connectivity index (χ2v) is 5.18. The fourth-order valence-corrected chi connectivity index (χ4v) is 2.19. The van der Waals surface area contributed by atoms with E-state index >= 15 is 0 Å². The van der Waals surface area contributed by atoms with Crippen LogP contribution < -0.4 is 5.32 Å². The molecule has 2 amide bonds. The quantitative estimate of drug-likeness (QED) is 0.868. The Morgan fingerprint density at radius 3 is 2.73 bits per heavy atom. The summed E-state index contributed by atoms with van der Waals surface area (Å²) in [4.78, 5) is 25.4. The predicted molar refractivity (Wildman–Crippen MR) is 83.9 cm³/mol. The molecule has 0 aliphatic carbocycles. The molecular formula is C17H20N2O3. The van der Waals surface area contributed by atoms with Crippen molar-refractivity contribution in [3.63, 3.8) is 0 Å². The van der Waals surface area contributed by atoms with Crippen LogP contribution in [0.4, 0.5) is 0 Å². The Bertz CT molecular complexity index is 603. The van der Waals surface area contributed by atoms with E-state index in [-0.39, 0.29) is 25.0 Å². The maximum Gasteiger partial charge on any atom is 0.251 e. The minimum Gasteiger partial charge on any atom is -0.395 e. The highest BCUT2D eigenvalue weighted by Crippen LogP contribution is 2.14. The van der Waals surface area contributed by atoms with Crippen LogP contribution in [0.1, 0.15) is 29.3 Å². The fraction of sp³-hybridized carbons (Fsp3) is 0.294. The Hall–Kier alpha value is -2.40. The standard InChI is InChI=1S/C17H20N2O3/c1-13-3-2-4-16(21)19(11-13)12-14-5-7-15(8-6-14)17(22)18-9-10-20/h2-3,5-8,11,20H,4,9-10,12H2,1H3,(H,18,22). The maximum atomic E-state index is 12.0. The van der Waals surface area contributed by atoms with Gasteiger partial charge in [-0.3, -0.25) is 9.59 Å². The lowest BCUT2D eigenvalue weighted by Gasteiger charge is -2.17. The van der Waals surface area contributed by atoms with Gasteiger partial charge in [0.05, 0.1) is 13.2 Å². The normalized spacial score (nSPS) is 14.5. The second kappa shape index (κ2) is 7.56. The highest BCUT2D eigenvalue weighted by molar-refractivity contribution is 5.94. The highest BCUT2D eigenvalue weighted by Gasteiger charge is 2.13. The largest absolute Gasteiger partial charge is 0.395 e. The lowest BCUT2D eigenvalue weighted by atomic mass is 10.1. The van der Waals surface area contributed by atoms with Gasteiger partial charge in [-0.15, -0.1) is 0 Å². The summed E-state index contributed by atoms with van der Waals surface area (Å²) < 4.78 is 0. The van der Waals surface area contributed by atoms with Crippen LogP contribution in [0.2, 0.25) is 0 Å².